The Morgan fingerprint density at radius 3 is 2.86 bits per heavy atom. The lowest BCUT2D eigenvalue weighted by atomic mass is 10.1. The summed E-state index contributed by atoms with van der Waals surface area (Å²) in [7, 11) is 0. The fourth-order valence-electron chi connectivity index (χ4n) is 1.60. The predicted molar refractivity (Wildman–Crippen MR) is 51.0 cm³/mol. The van der Waals surface area contributed by atoms with Crippen LogP contribution in [0.3, 0.4) is 0 Å². The largest absolute Gasteiger partial charge is 0.365 e. The number of rotatable bonds is 1. The van der Waals surface area contributed by atoms with E-state index in [-0.39, 0.29) is 0 Å². The zero-order valence-corrected chi connectivity index (χ0v) is 7.98. The Morgan fingerprint density at radius 2 is 2.21 bits per heavy atom. The molecule has 2 rings (SSSR count). The zero-order chi connectivity index (χ0) is 10.3. The van der Waals surface area contributed by atoms with Crippen LogP contribution >= 0.6 is 0 Å². The molecular formula is C9H10N4O. The molecule has 5 heteroatoms. The van der Waals surface area contributed by atoms with E-state index in [2.05, 4.69) is 9.97 Å². The SMILES string of the molecule is Cc1nc2cncn2c(C)c1C(N)=O. The van der Waals surface area contributed by atoms with Gasteiger partial charge >= 0.3 is 0 Å². The van der Waals surface area contributed by atoms with Gasteiger partial charge in [-0.3, -0.25) is 9.20 Å². The minimum absolute atomic E-state index is 0.455. The molecule has 2 aromatic heterocycles. The van der Waals surface area contributed by atoms with Gasteiger partial charge in [0.1, 0.15) is 6.33 Å². The van der Waals surface area contributed by atoms with Crippen LogP contribution in [0.15, 0.2) is 12.5 Å². The molecule has 0 saturated carbocycles. The molecule has 0 saturated heterocycles. The van der Waals surface area contributed by atoms with Crippen LogP contribution in [-0.4, -0.2) is 20.3 Å². The summed E-state index contributed by atoms with van der Waals surface area (Å²) in [5, 5.41) is 0. The van der Waals surface area contributed by atoms with Crippen LogP contribution in [-0.2, 0) is 0 Å². The summed E-state index contributed by atoms with van der Waals surface area (Å²) < 4.78 is 1.74. The van der Waals surface area contributed by atoms with Gasteiger partial charge in [-0.1, -0.05) is 0 Å². The summed E-state index contributed by atoms with van der Waals surface area (Å²) in [6, 6.07) is 0. The molecule has 5 nitrogen and oxygen atoms in total. The molecule has 2 aromatic rings. The van der Waals surface area contributed by atoms with E-state index in [0.717, 1.165) is 11.3 Å². The molecule has 0 aliphatic heterocycles. The lowest BCUT2D eigenvalue weighted by Gasteiger charge is -2.07. The Hall–Kier alpha value is -1.91. The Labute approximate surface area is 80.6 Å². The Balaban J connectivity index is 2.89. The molecule has 0 spiro atoms. The number of aromatic nitrogens is 3. The molecule has 0 aliphatic rings. The van der Waals surface area contributed by atoms with Gasteiger partial charge in [0.15, 0.2) is 5.65 Å². The molecule has 72 valence electrons. The van der Waals surface area contributed by atoms with E-state index in [4.69, 9.17) is 5.73 Å². The van der Waals surface area contributed by atoms with E-state index in [1.807, 2.05) is 6.92 Å². The summed E-state index contributed by atoms with van der Waals surface area (Å²) in [5.41, 5.74) is 7.87. The van der Waals surface area contributed by atoms with Crippen molar-refractivity contribution in [3.8, 4) is 0 Å². The molecule has 0 unspecified atom stereocenters. The van der Waals surface area contributed by atoms with Gasteiger partial charge in [0, 0.05) is 5.69 Å². The Morgan fingerprint density at radius 1 is 1.50 bits per heavy atom. The molecule has 0 aromatic carbocycles. The van der Waals surface area contributed by atoms with Crippen molar-refractivity contribution >= 4 is 11.6 Å². The molecule has 0 bridgehead atoms. The summed E-state index contributed by atoms with van der Waals surface area (Å²) >= 11 is 0. The molecule has 0 radical (unpaired) electrons. The third-order valence-electron chi connectivity index (χ3n) is 2.23. The lowest BCUT2D eigenvalue weighted by molar-refractivity contribution is 0.0998. The topological polar surface area (TPSA) is 73.3 Å². The zero-order valence-electron chi connectivity index (χ0n) is 7.98. The van der Waals surface area contributed by atoms with E-state index < -0.39 is 5.91 Å². The fourth-order valence-corrected chi connectivity index (χ4v) is 1.60. The number of nitrogens with two attached hydrogens (primary N) is 1. The van der Waals surface area contributed by atoms with E-state index >= 15 is 0 Å². The molecule has 1 amide bonds. The van der Waals surface area contributed by atoms with Gasteiger partial charge in [-0.25, -0.2) is 9.97 Å². The smallest absolute Gasteiger partial charge is 0.252 e. The predicted octanol–water partition coefficient (Wildman–Crippen LogP) is 0.445. The molecule has 14 heavy (non-hydrogen) atoms. The van der Waals surface area contributed by atoms with E-state index in [9.17, 15) is 4.79 Å². The summed E-state index contributed by atoms with van der Waals surface area (Å²) in [6.07, 6.45) is 3.26. The number of carbonyl (C=O) groups excluding carboxylic acids is 1. The van der Waals surface area contributed by atoms with Gasteiger partial charge in [0.2, 0.25) is 0 Å². The van der Waals surface area contributed by atoms with Gasteiger partial charge in [-0.05, 0) is 13.8 Å². The maximum atomic E-state index is 11.2. The third-order valence-corrected chi connectivity index (χ3v) is 2.23. The first-order valence-corrected chi connectivity index (χ1v) is 4.20. The van der Waals surface area contributed by atoms with Crippen molar-refractivity contribution in [2.75, 3.05) is 0 Å². The fraction of sp³-hybridized carbons (Fsp3) is 0.222. The van der Waals surface area contributed by atoms with Crippen molar-refractivity contribution < 1.29 is 4.79 Å². The van der Waals surface area contributed by atoms with Gasteiger partial charge < -0.3 is 5.73 Å². The van der Waals surface area contributed by atoms with Crippen LogP contribution in [0.1, 0.15) is 21.7 Å². The van der Waals surface area contributed by atoms with Crippen molar-refractivity contribution in [3.05, 3.63) is 29.5 Å². The number of imidazole rings is 1. The summed E-state index contributed by atoms with van der Waals surface area (Å²) in [5.74, 6) is -0.455. The van der Waals surface area contributed by atoms with Crippen molar-refractivity contribution in [2.24, 2.45) is 5.73 Å². The van der Waals surface area contributed by atoms with Crippen molar-refractivity contribution in [2.45, 2.75) is 13.8 Å². The third kappa shape index (κ3) is 1.06. The maximum absolute atomic E-state index is 11.2. The van der Waals surface area contributed by atoms with Crippen LogP contribution in [0, 0.1) is 13.8 Å². The molecule has 2 N–H and O–H groups in total. The first kappa shape index (κ1) is 8.68. The van der Waals surface area contributed by atoms with Crippen LogP contribution in [0.2, 0.25) is 0 Å². The Bertz CT molecular complexity index is 515. The van der Waals surface area contributed by atoms with Crippen LogP contribution < -0.4 is 5.73 Å². The normalized spacial score (nSPS) is 10.7. The molecule has 2 heterocycles. The highest BCUT2D eigenvalue weighted by molar-refractivity contribution is 5.95. The minimum Gasteiger partial charge on any atom is -0.365 e. The molecule has 0 aliphatic carbocycles. The van der Waals surface area contributed by atoms with Gasteiger partial charge in [0.05, 0.1) is 17.5 Å². The number of fused-ring (bicyclic) bond motifs is 1. The standard InChI is InChI=1S/C9H10N4O/c1-5-8(9(10)14)6(2)13-4-11-3-7(13)12-5/h3-4H,1-2H3,(H2,10,14). The second-order valence-electron chi connectivity index (χ2n) is 3.14. The van der Waals surface area contributed by atoms with Crippen LogP contribution in [0.4, 0.5) is 0 Å². The number of amides is 1. The maximum Gasteiger partial charge on any atom is 0.252 e. The van der Waals surface area contributed by atoms with Crippen LogP contribution in [0.25, 0.3) is 5.65 Å². The monoisotopic (exact) mass is 190 g/mol. The number of primary amides is 1. The highest BCUT2D eigenvalue weighted by Gasteiger charge is 2.13. The Kier molecular flexibility index (Phi) is 1.73. The van der Waals surface area contributed by atoms with Crippen molar-refractivity contribution in [1.82, 2.24) is 14.4 Å². The van der Waals surface area contributed by atoms with Gasteiger partial charge in [-0.2, -0.15) is 0 Å². The highest BCUT2D eigenvalue weighted by atomic mass is 16.1. The summed E-state index contributed by atoms with van der Waals surface area (Å²) in [6.45, 7) is 3.59. The van der Waals surface area contributed by atoms with Crippen molar-refractivity contribution in [3.63, 3.8) is 0 Å². The number of hydrogen-bond donors (Lipinski definition) is 1. The van der Waals surface area contributed by atoms with Gasteiger partial charge in [-0.15, -0.1) is 0 Å². The van der Waals surface area contributed by atoms with Gasteiger partial charge in [0.25, 0.3) is 5.91 Å². The number of hydrogen-bond acceptors (Lipinski definition) is 3. The number of aryl methyl sites for hydroxylation is 2. The quantitative estimate of drug-likeness (QED) is 0.709. The first-order valence-electron chi connectivity index (χ1n) is 4.20. The first-order chi connectivity index (χ1) is 6.61. The van der Waals surface area contributed by atoms with E-state index in [0.29, 0.717) is 11.3 Å². The molecule has 0 fully saturated rings. The van der Waals surface area contributed by atoms with Crippen LogP contribution in [0.5, 0.6) is 0 Å². The minimum atomic E-state index is -0.455. The average molecular weight is 190 g/mol. The average Bonchev–Trinajstić information content (AvgIpc) is 2.50. The highest BCUT2D eigenvalue weighted by Crippen LogP contribution is 2.13. The molecular weight excluding hydrogens is 180 g/mol. The van der Waals surface area contributed by atoms with E-state index in [1.54, 1.807) is 23.8 Å². The number of carbonyl (C=O) groups is 1. The number of nitrogens with zero attached hydrogens (tertiary/aromatic N) is 3. The molecule has 0 atom stereocenters. The second kappa shape index (κ2) is 2.80. The lowest BCUT2D eigenvalue weighted by Crippen LogP contribution is -2.17. The van der Waals surface area contributed by atoms with E-state index in [1.165, 1.54) is 0 Å². The second-order valence-corrected chi connectivity index (χ2v) is 3.14. The summed E-state index contributed by atoms with van der Waals surface area (Å²) in [4.78, 5) is 19.3. The van der Waals surface area contributed by atoms with Crippen molar-refractivity contribution in [1.29, 1.82) is 0 Å².